The van der Waals surface area contributed by atoms with Gasteiger partial charge >= 0.3 is 0 Å². The molecule has 0 saturated carbocycles. The van der Waals surface area contributed by atoms with Crippen molar-refractivity contribution in [3.63, 3.8) is 0 Å². The quantitative estimate of drug-likeness (QED) is 0.748. The van der Waals surface area contributed by atoms with E-state index in [2.05, 4.69) is 21.8 Å². The highest BCUT2D eigenvalue weighted by Crippen LogP contribution is 2.31. The molecule has 1 unspecified atom stereocenters. The number of rotatable bonds is 2. The van der Waals surface area contributed by atoms with E-state index >= 15 is 0 Å². The molecule has 0 aromatic heterocycles. The average molecular weight is 261 g/mol. The molecule has 0 spiro atoms. The number of hydrogen-bond donors (Lipinski definition) is 0. The molecule has 0 amide bonds. The largest absolute Gasteiger partial charge is 0.379 e. The lowest BCUT2D eigenvalue weighted by Gasteiger charge is -2.39. The molecule has 0 radical (unpaired) electrons. The van der Waals surface area contributed by atoms with Crippen molar-refractivity contribution < 1.29 is 4.74 Å². The third-order valence-electron chi connectivity index (χ3n) is 3.60. The Labute approximate surface area is 113 Å². The van der Waals surface area contributed by atoms with Gasteiger partial charge in [-0.05, 0) is 13.8 Å². The molecule has 6 heteroatoms. The Hall–Kier alpha value is -1.40. The molecule has 3 aliphatic rings. The molecule has 1 saturated heterocycles. The number of fused-ring (bicyclic) bond motifs is 1. The van der Waals surface area contributed by atoms with Gasteiger partial charge in [0, 0.05) is 19.5 Å². The first-order valence-electron chi connectivity index (χ1n) is 6.78. The number of aliphatic imine (C=N–C) groups is 4. The average Bonchev–Trinajstić information content (AvgIpc) is 2.80. The minimum Gasteiger partial charge on any atom is -0.379 e. The van der Waals surface area contributed by atoms with Crippen LogP contribution in [0, 0.1) is 0 Å². The van der Waals surface area contributed by atoms with Gasteiger partial charge in [0.05, 0.1) is 18.9 Å². The Kier molecular flexibility index (Phi) is 3.06. The van der Waals surface area contributed by atoms with E-state index in [1.54, 1.807) is 0 Å². The Morgan fingerprint density at radius 3 is 2.58 bits per heavy atom. The Balaban J connectivity index is 2.07. The minimum absolute atomic E-state index is 0.676. The summed E-state index contributed by atoms with van der Waals surface area (Å²) in [6.07, 6.45) is 0.817. The van der Waals surface area contributed by atoms with Gasteiger partial charge in [0.15, 0.2) is 0 Å². The van der Waals surface area contributed by atoms with Crippen LogP contribution in [-0.4, -0.2) is 60.1 Å². The second-order valence-corrected chi connectivity index (χ2v) is 4.93. The fourth-order valence-corrected chi connectivity index (χ4v) is 2.73. The molecular formula is C13H19N5O. The van der Waals surface area contributed by atoms with Crippen molar-refractivity contribution in [1.29, 1.82) is 0 Å². The zero-order valence-corrected chi connectivity index (χ0v) is 11.7. The second kappa shape index (κ2) is 4.61. The van der Waals surface area contributed by atoms with E-state index in [9.17, 15) is 0 Å². The van der Waals surface area contributed by atoms with Gasteiger partial charge in [0.1, 0.15) is 17.4 Å². The molecule has 0 N–H and O–H groups in total. The molecule has 102 valence electrons. The van der Waals surface area contributed by atoms with Crippen LogP contribution in [0.25, 0.3) is 0 Å². The monoisotopic (exact) mass is 261 g/mol. The van der Waals surface area contributed by atoms with E-state index in [0.29, 0.717) is 0 Å². The zero-order chi connectivity index (χ0) is 13.5. The van der Waals surface area contributed by atoms with Crippen LogP contribution in [0.2, 0.25) is 0 Å². The van der Waals surface area contributed by atoms with Crippen LogP contribution < -0.4 is 0 Å². The van der Waals surface area contributed by atoms with E-state index in [-0.39, 0.29) is 0 Å². The van der Waals surface area contributed by atoms with Gasteiger partial charge in [-0.2, -0.15) is 0 Å². The molecule has 1 fully saturated rings. The fraction of sp³-hybridized carbons (Fsp3) is 0.692. The van der Waals surface area contributed by atoms with Crippen molar-refractivity contribution in [3.8, 4) is 0 Å². The number of morpholine rings is 1. The highest BCUT2D eigenvalue weighted by Gasteiger charge is 2.48. The maximum atomic E-state index is 5.43. The SMILES string of the molecule is CCC1=NC2(N3CCOCC3)N=C(C)N=C(C)C2=N1. The summed E-state index contributed by atoms with van der Waals surface area (Å²) in [4.78, 5) is 20.9. The van der Waals surface area contributed by atoms with Crippen LogP contribution in [0.5, 0.6) is 0 Å². The van der Waals surface area contributed by atoms with Gasteiger partial charge in [0.25, 0.3) is 5.79 Å². The summed E-state index contributed by atoms with van der Waals surface area (Å²) in [5.74, 6) is 0.948. The number of nitrogens with zero attached hydrogens (tertiary/aromatic N) is 5. The van der Waals surface area contributed by atoms with Crippen LogP contribution in [0.1, 0.15) is 27.2 Å². The van der Waals surface area contributed by atoms with E-state index in [1.807, 2.05) is 13.8 Å². The van der Waals surface area contributed by atoms with Crippen molar-refractivity contribution in [2.75, 3.05) is 26.3 Å². The molecule has 0 aliphatic carbocycles. The van der Waals surface area contributed by atoms with Crippen molar-refractivity contribution in [3.05, 3.63) is 0 Å². The summed E-state index contributed by atoms with van der Waals surface area (Å²) in [5.41, 5.74) is 1.81. The summed E-state index contributed by atoms with van der Waals surface area (Å²) >= 11 is 0. The van der Waals surface area contributed by atoms with Crippen LogP contribution in [0.4, 0.5) is 0 Å². The van der Waals surface area contributed by atoms with Gasteiger partial charge in [-0.3, -0.25) is 4.90 Å². The lowest BCUT2D eigenvalue weighted by molar-refractivity contribution is 0.00613. The van der Waals surface area contributed by atoms with Gasteiger partial charge in [-0.25, -0.2) is 20.0 Å². The third-order valence-corrected chi connectivity index (χ3v) is 3.60. The number of amidine groups is 2. The predicted octanol–water partition coefficient (Wildman–Crippen LogP) is 1.13. The van der Waals surface area contributed by atoms with Gasteiger partial charge in [-0.15, -0.1) is 0 Å². The molecule has 6 nitrogen and oxygen atoms in total. The number of ether oxygens (including phenoxy) is 1. The van der Waals surface area contributed by atoms with E-state index in [0.717, 1.165) is 55.8 Å². The lowest BCUT2D eigenvalue weighted by Crippen LogP contribution is -2.58. The number of hydrogen-bond acceptors (Lipinski definition) is 6. The van der Waals surface area contributed by atoms with Crippen molar-refractivity contribution in [1.82, 2.24) is 4.90 Å². The molecule has 0 aromatic rings. The predicted molar refractivity (Wildman–Crippen MR) is 76.5 cm³/mol. The molecule has 3 aliphatic heterocycles. The third kappa shape index (κ3) is 1.95. The first-order chi connectivity index (χ1) is 9.15. The van der Waals surface area contributed by atoms with E-state index < -0.39 is 5.79 Å². The summed E-state index contributed by atoms with van der Waals surface area (Å²) in [6, 6.07) is 0. The zero-order valence-electron chi connectivity index (χ0n) is 11.7. The summed E-state index contributed by atoms with van der Waals surface area (Å²) in [6.45, 7) is 9.05. The molecule has 0 bridgehead atoms. The van der Waals surface area contributed by atoms with Crippen molar-refractivity contribution in [2.24, 2.45) is 20.0 Å². The summed E-state index contributed by atoms with van der Waals surface area (Å²) < 4.78 is 5.43. The first-order valence-corrected chi connectivity index (χ1v) is 6.78. The maximum absolute atomic E-state index is 5.43. The topological polar surface area (TPSA) is 61.9 Å². The van der Waals surface area contributed by atoms with Crippen LogP contribution in [0.15, 0.2) is 20.0 Å². The van der Waals surface area contributed by atoms with E-state index in [1.165, 1.54) is 0 Å². The Bertz CT molecular complexity index is 513. The molecular weight excluding hydrogens is 242 g/mol. The van der Waals surface area contributed by atoms with Crippen molar-refractivity contribution in [2.45, 2.75) is 33.0 Å². The summed E-state index contributed by atoms with van der Waals surface area (Å²) in [7, 11) is 0. The van der Waals surface area contributed by atoms with Crippen LogP contribution in [-0.2, 0) is 4.74 Å². The normalized spacial score (nSPS) is 31.3. The molecule has 3 rings (SSSR count). The van der Waals surface area contributed by atoms with Crippen LogP contribution >= 0.6 is 0 Å². The summed E-state index contributed by atoms with van der Waals surface area (Å²) in [5, 5.41) is 0. The van der Waals surface area contributed by atoms with Gasteiger partial charge in [0.2, 0.25) is 0 Å². The molecule has 3 heterocycles. The standard InChI is InChI=1S/C13H19N5O/c1-4-11-15-12-9(2)14-10(3)16-13(12,17-11)18-5-7-19-8-6-18/h4-8H2,1-3H3. The van der Waals surface area contributed by atoms with Gasteiger partial charge < -0.3 is 4.74 Å². The first kappa shape index (κ1) is 12.6. The fourth-order valence-electron chi connectivity index (χ4n) is 2.73. The highest BCUT2D eigenvalue weighted by atomic mass is 16.5. The smallest absolute Gasteiger partial charge is 0.256 e. The molecule has 19 heavy (non-hydrogen) atoms. The Morgan fingerprint density at radius 1 is 1.16 bits per heavy atom. The maximum Gasteiger partial charge on any atom is 0.256 e. The molecule has 1 atom stereocenters. The second-order valence-electron chi connectivity index (χ2n) is 4.93. The minimum atomic E-state index is -0.676. The van der Waals surface area contributed by atoms with Crippen LogP contribution in [0.3, 0.4) is 0 Å². The highest BCUT2D eigenvalue weighted by molar-refractivity contribution is 6.49. The van der Waals surface area contributed by atoms with E-state index in [4.69, 9.17) is 14.7 Å². The Morgan fingerprint density at radius 2 is 1.89 bits per heavy atom. The van der Waals surface area contributed by atoms with Gasteiger partial charge in [-0.1, -0.05) is 6.92 Å². The van der Waals surface area contributed by atoms with Crippen molar-refractivity contribution >= 4 is 23.1 Å². The molecule has 0 aromatic carbocycles. The lowest BCUT2D eigenvalue weighted by atomic mass is 10.1.